The molecule has 1 atom stereocenters. The summed E-state index contributed by atoms with van der Waals surface area (Å²) in [6.45, 7) is 0.787. The van der Waals surface area contributed by atoms with Gasteiger partial charge in [-0.3, -0.25) is 0 Å². The first-order valence-corrected chi connectivity index (χ1v) is 6.75. The lowest BCUT2D eigenvalue weighted by Gasteiger charge is -2.19. The molecule has 3 nitrogen and oxygen atoms in total. The Hall–Kier alpha value is -2.55. The maximum atomic E-state index is 12.8. The van der Waals surface area contributed by atoms with Gasteiger partial charge in [-0.2, -0.15) is 18.4 Å². The van der Waals surface area contributed by atoms with Gasteiger partial charge in [0.05, 0.1) is 12.0 Å². The van der Waals surface area contributed by atoms with E-state index in [2.05, 4.69) is 11.1 Å². The second-order valence-corrected chi connectivity index (χ2v) is 5.15. The highest BCUT2D eigenvalue weighted by Crippen LogP contribution is 2.38. The zero-order valence-corrected chi connectivity index (χ0v) is 11.5. The molecule has 0 bridgehead atoms. The Balaban J connectivity index is 1.97. The fourth-order valence-corrected chi connectivity index (χ4v) is 2.60. The van der Waals surface area contributed by atoms with Gasteiger partial charge >= 0.3 is 6.18 Å². The summed E-state index contributed by atoms with van der Waals surface area (Å²) in [7, 11) is 0. The van der Waals surface area contributed by atoms with Crippen molar-refractivity contribution in [1.82, 2.24) is 4.98 Å². The molecule has 0 saturated heterocycles. The number of nitrogens with zero attached hydrogens (tertiary/aromatic N) is 3. The molecule has 1 aliphatic rings. The number of rotatable bonds is 2. The van der Waals surface area contributed by atoms with Gasteiger partial charge in [-0.1, -0.05) is 36.4 Å². The monoisotopic (exact) mass is 303 g/mol. The molecule has 112 valence electrons. The van der Waals surface area contributed by atoms with Crippen molar-refractivity contribution in [3.63, 3.8) is 0 Å². The topological polar surface area (TPSA) is 39.9 Å². The summed E-state index contributed by atoms with van der Waals surface area (Å²) in [5.41, 5.74) is 0.598. The molecule has 0 N–H and O–H groups in total. The van der Waals surface area contributed by atoms with Gasteiger partial charge in [0.2, 0.25) is 0 Å². The van der Waals surface area contributed by atoms with Crippen molar-refractivity contribution >= 4 is 5.82 Å². The molecular formula is C16H12F3N3. The molecule has 1 unspecified atom stereocenters. The van der Waals surface area contributed by atoms with Crippen LogP contribution in [0.3, 0.4) is 0 Å². The van der Waals surface area contributed by atoms with Gasteiger partial charge in [0.1, 0.15) is 11.5 Å². The molecule has 3 rings (SSSR count). The number of hydrogen-bond acceptors (Lipinski definition) is 3. The summed E-state index contributed by atoms with van der Waals surface area (Å²) in [5.74, 6) is -0.196. The number of aromatic nitrogens is 1. The zero-order valence-electron chi connectivity index (χ0n) is 11.5. The first-order chi connectivity index (χ1) is 10.5. The van der Waals surface area contributed by atoms with Crippen LogP contribution >= 0.6 is 0 Å². The van der Waals surface area contributed by atoms with Crippen LogP contribution in [0.2, 0.25) is 0 Å². The highest BCUT2D eigenvalue weighted by molar-refractivity contribution is 5.58. The molecule has 0 fully saturated rings. The Morgan fingerprint density at radius 2 is 1.91 bits per heavy atom. The van der Waals surface area contributed by atoms with E-state index in [4.69, 9.17) is 0 Å². The molecule has 0 radical (unpaired) electrons. The van der Waals surface area contributed by atoms with E-state index in [0.29, 0.717) is 18.7 Å². The van der Waals surface area contributed by atoms with Gasteiger partial charge in [0.25, 0.3) is 0 Å². The van der Waals surface area contributed by atoms with Gasteiger partial charge in [-0.15, -0.1) is 0 Å². The Morgan fingerprint density at radius 1 is 1.18 bits per heavy atom. The number of hydrogen-bond donors (Lipinski definition) is 0. The molecule has 0 saturated carbocycles. The maximum absolute atomic E-state index is 12.8. The fraction of sp³-hybridized carbons (Fsp3) is 0.250. The molecule has 22 heavy (non-hydrogen) atoms. The van der Waals surface area contributed by atoms with Crippen molar-refractivity contribution in [1.29, 1.82) is 5.26 Å². The summed E-state index contributed by atoms with van der Waals surface area (Å²) < 4.78 is 38.5. The minimum Gasteiger partial charge on any atom is -0.350 e. The lowest BCUT2D eigenvalue weighted by atomic mass is 10.1. The second-order valence-electron chi connectivity index (χ2n) is 5.15. The Bertz CT molecular complexity index is 720. The number of fused-ring (bicyclic) bond motifs is 1. The predicted molar refractivity (Wildman–Crippen MR) is 75.1 cm³/mol. The average molecular weight is 303 g/mol. The third-order valence-corrected chi connectivity index (χ3v) is 3.65. The highest BCUT2D eigenvalue weighted by Gasteiger charge is 2.37. The van der Waals surface area contributed by atoms with Gasteiger partial charge in [0.15, 0.2) is 0 Å². The van der Waals surface area contributed by atoms with E-state index >= 15 is 0 Å². The first kappa shape index (κ1) is 14.4. The quantitative estimate of drug-likeness (QED) is 0.848. The number of pyridine rings is 1. The van der Waals surface area contributed by atoms with Gasteiger partial charge in [-0.05, 0) is 11.6 Å². The van der Waals surface area contributed by atoms with Crippen molar-refractivity contribution in [3.8, 4) is 6.07 Å². The minimum absolute atomic E-state index is 0.255. The van der Waals surface area contributed by atoms with Crippen molar-refractivity contribution in [3.05, 3.63) is 59.3 Å². The molecule has 1 aliphatic heterocycles. The van der Waals surface area contributed by atoms with Crippen LogP contribution in [0.5, 0.6) is 0 Å². The lowest BCUT2D eigenvalue weighted by Crippen LogP contribution is -2.22. The summed E-state index contributed by atoms with van der Waals surface area (Å²) in [6, 6.07) is 13.8. The Labute approximate surface area is 125 Å². The van der Waals surface area contributed by atoms with Crippen LogP contribution in [0.1, 0.15) is 22.7 Å². The largest absolute Gasteiger partial charge is 0.433 e. The van der Waals surface area contributed by atoms with Crippen molar-refractivity contribution in [2.75, 3.05) is 11.4 Å². The van der Waals surface area contributed by atoms with E-state index < -0.39 is 17.8 Å². The number of anilines is 1. The minimum atomic E-state index is -4.49. The molecule has 2 aromatic rings. The molecule has 0 aliphatic carbocycles. The maximum Gasteiger partial charge on any atom is 0.433 e. The molecular weight excluding hydrogens is 291 g/mol. The Kier molecular flexibility index (Phi) is 3.49. The van der Waals surface area contributed by atoms with Gasteiger partial charge < -0.3 is 4.90 Å². The number of nitriles is 1. The van der Waals surface area contributed by atoms with E-state index in [1.54, 1.807) is 4.90 Å². The smallest absolute Gasteiger partial charge is 0.350 e. The van der Waals surface area contributed by atoms with E-state index in [1.165, 1.54) is 6.07 Å². The zero-order chi connectivity index (χ0) is 15.7. The van der Waals surface area contributed by atoms with Crippen molar-refractivity contribution in [2.24, 2.45) is 0 Å². The van der Waals surface area contributed by atoms with Crippen molar-refractivity contribution < 1.29 is 13.2 Å². The van der Waals surface area contributed by atoms with E-state index in [-0.39, 0.29) is 5.82 Å². The van der Waals surface area contributed by atoms with Crippen LogP contribution in [-0.2, 0) is 12.7 Å². The Morgan fingerprint density at radius 3 is 2.55 bits per heavy atom. The summed E-state index contributed by atoms with van der Waals surface area (Å²) in [6.07, 6.45) is -4.49. The molecule has 0 spiro atoms. The number of alkyl halides is 3. The van der Waals surface area contributed by atoms with E-state index in [0.717, 1.165) is 11.6 Å². The highest BCUT2D eigenvalue weighted by atomic mass is 19.4. The number of benzene rings is 1. The van der Waals surface area contributed by atoms with E-state index in [9.17, 15) is 18.4 Å². The fourth-order valence-electron chi connectivity index (χ4n) is 2.60. The average Bonchev–Trinajstić information content (AvgIpc) is 2.85. The summed E-state index contributed by atoms with van der Waals surface area (Å²) in [5, 5.41) is 9.20. The van der Waals surface area contributed by atoms with Gasteiger partial charge in [0, 0.05) is 18.7 Å². The van der Waals surface area contributed by atoms with Crippen LogP contribution in [-0.4, -0.2) is 11.5 Å². The van der Waals surface area contributed by atoms with Crippen LogP contribution < -0.4 is 4.90 Å². The SMILES string of the molecule is N#CC1CN(Cc2ccccc2)c2nc(C(F)(F)F)ccc21. The molecule has 1 aromatic carbocycles. The normalized spacial score (nSPS) is 17.2. The third-order valence-electron chi connectivity index (χ3n) is 3.65. The predicted octanol–water partition coefficient (Wildman–Crippen LogP) is 3.73. The lowest BCUT2D eigenvalue weighted by molar-refractivity contribution is -0.141. The van der Waals surface area contributed by atoms with Crippen LogP contribution in [0, 0.1) is 11.3 Å². The van der Waals surface area contributed by atoms with Crippen LogP contribution in [0.15, 0.2) is 42.5 Å². The standard InChI is InChI=1S/C16H12F3N3/c17-16(18,19)14-7-6-13-12(8-20)10-22(15(13)21-14)9-11-4-2-1-3-5-11/h1-7,12H,9-10H2. The van der Waals surface area contributed by atoms with Crippen molar-refractivity contribution in [2.45, 2.75) is 18.6 Å². The van der Waals surface area contributed by atoms with Crippen LogP contribution in [0.25, 0.3) is 0 Å². The molecule has 6 heteroatoms. The third kappa shape index (κ3) is 2.62. The molecule has 0 amide bonds. The first-order valence-electron chi connectivity index (χ1n) is 6.75. The number of halogens is 3. The summed E-state index contributed by atoms with van der Waals surface area (Å²) >= 11 is 0. The van der Waals surface area contributed by atoms with E-state index in [1.807, 2.05) is 30.3 Å². The molecule has 1 aromatic heterocycles. The van der Waals surface area contributed by atoms with Crippen LogP contribution in [0.4, 0.5) is 19.0 Å². The second kappa shape index (κ2) is 5.34. The molecule has 2 heterocycles. The van der Waals surface area contributed by atoms with Gasteiger partial charge in [-0.25, -0.2) is 4.98 Å². The summed E-state index contributed by atoms with van der Waals surface area (Å²) in [4.78, 5) is 5.48.